The van der Waals surface area contributed by atoms with Gasteiger partial charge in [-0.05, 0) is 50.1 Å². The lowest BCUT2D eigenvalue weighted by Gasteiger charge is -2.05. The molecular weight excluding hydrogens is 340 g/mol. The van der Waals surface area contributed by atoms with Crippen LogP contribution in [-0.2, 0) is 6.61 Å². The molecule has 78 valence electrons. The van der Waals surface area contributed by atoms with Crippen LogP contribution in [0.15, 0.2) is 44.7 Å². The first-order valence-corrected chi connectivity index (χ1v) is 6.82. The molecular formula is C11H8Br2OS. The summed E-state index contributed by atoms with van der Waals surface area (Å²) < 4.78 is 7.78. The predicted molar refractivity (Wildman–Crippen MR) is 70.5 cm³/mol. The Balaban J connectivity index is 2.02. The number of benzene rings is 1. The Kier molecular flexibility index (Phi) is 3.83. The molecule has 15 heavy (non-hydrogen) atoms. The minimum atomic E-state index is 0.610. The van der Waals surface area contributed by atoms with E-state index in [2.05, 4.69) is 43.3 Å². The monoisotopic (exact) mass is 346 g/mol. The van der Waals surface area contributed by atoms with Crippen molar-refractivity contribution in [3.8, 4) is 5.75 Å². The first kappa shape index (κ1) is 11.2. The van der Waals surface area contributed by atoms with Gasteiger partial charge in [0.25, 0.3) is 0 Å². The Morgan fingerprint density at radius 3 is 2.67 bits per heavy atom. The minimum absolute atomic E-state index is 0.610. The van der Waals surface area contributed by atoms with E-state index in [0.29, 0.717) is 6.61 Å². The Hall–Kier alpha value is -0.320. The van der Waals surface area contributed by atoms with Gasteiger partial charge < -0.3 is 4.74 Å². The van der Waals surface area contributed by atoms with Crippen molar-refractivity contribution in [3.63, 3.8) is 0 Å². The Bertz CT molecular complexity index is 453. The van der Waals surface area contributed by atoms with E-state index in [9.17, 15) is 0 Å². The molecule has 1 aromatic carbocycles. The molecule has 0 radical (unpaired) electrons. The third-order valence-electron chi connectivity index (χ3n) is 1.83. The molecule has 0 fully saturated rings. The third kappa shape index (κ3) is 3.06. The Morgan fingerprint density at radius 1 is 1.20 bits per heavy atom. The topological polar surface area (TPSA) is 9.23 Å². The van der Waals surface area contributed by atoms with E-state index < -0.39 is 0 Å². The average Bonchev–Trinajstić information content (AvgIpc) is 2.63. The molecule has 0 atom stereocenters. The fourth-order valence-electron chi connectivity index (χ4n) is 1.14. The lowest BCUT2D eigenvalue weighted by Crippen LogP contribution is -1.92. The number of rotatable bonds is 3. The number of ether oxygens (including phenoxy) is 1. The molecule has 0 unspecified atom stereocenters. The van der Waals surface area contributed by atoms with Crippen LogP contribution in [0.4, 0.5) is 0 Å². The summed E-state index contributed by atoms with van der Waals surface area (Å²) in [6.45, 7) is 0.610. The molecule has 1 aromatic heterocycles. The van der Waals surface area contributed by atoms with Crippen LogP contribution in [0.5, 0.6) is 5.75 Å². The summed E-state index contributed by atoms with van der Waals surface area (Å²) in [7, 11) is 0. The predicted octanol–water partition coefficient (Wildman–Crippen LogP) is 4.85. The Labute approximate surface area is 109 Å². The van der Waals surface area contributed by atoms with Gasteiger partial charge in [0.2, 0.25) is 0 Å². The smallest absolute Gasteiger partial charge is 0.134 e. The molecule has 0 amide bonds. The van der Waals surface area contributed by atoms with Crippen molar-refractivity contribution in [2.75, 3.05) is 0 Å². The van der Waals surface area contributed by atoms with Crippen molar-refractivity contribution in [3.05, 3.63) is 49.5 Å². The summed E-state index contributed by atoms with van der Waals surface area (Å²) >= 11 is 8.55. The number of halogens is 2. The summed E-state index contributed by atoms with van der Waals surface area (Å²) in [6.07, 6.45) is 0. The Morgan fingerprint density at radius 2 is 2.00 bits per heavy atom. The highest BCUT2D eigenvalue weighted by molar-refractivity contribution is 9.10. The van der Waals surface area contributed by atoms with Crippen molar-refractivity contribution >= 4 is 43.2 Å². The van der Waals surface area contributed by atoms with Gasteiger partial charge in [0.1, 0.15) is 12.4 Å². The first-order valence-electron chi connectivity index (χ1n) is 4.36. The van der Waals surface area contributed by atoms with Crippen LogP contribution in [0.3, 0.4) is 0 Å². The molecule has 0 aliphatic heterocycles. The van der Waals surface area contributed by atoms with Gasteiger partial charge in [-0.3, -0.25) is 0 Å². The highest BCUT2D eigenvalue weighted by Gasteiger charge is 2.01. The second-order valence-electron chi connectivity index (χ2n) is 2.95. The minimum Gasteiger partial charge on any atom is -0.487 e. The zero-order chi connectivity index (χ0) is 10.7. The maximum atomic E-state index is 5.68. The molecule has 0 spiro atoms. The highest BCUT2D eigenvalue weighted by atomic mass is 79.9. The lowest BCUT2D eigenvalue weighted by atomic mass is 10.3. The van der Waals surface area contributed by atoms with E-state index in [0.717, 1.165) is 14.7 Å². The second kappa shape index (κ2) is 5.14. The number of para-hydroxylation sites is 1. The van der Waals surface area contributed by atoms with Gasteiger partial charge in [-0.1, -0.05) is 12.1 Å². The third-order valence-corrected chi connectivity index (χ3v) is 4.15. The van der Waals surface area contributed by atoms with Crippen LogP contribution in [0, 0.1) is 0 Å². The summed E-state index contributed by atoms with van der Waals surface area (Å²) in [5.41, 5.74) is 0. The summed E-state index contributed by atoms with van der Waals surface area (Å²) in [5.74, 6) is 0.877. The molecule has 2 rings (SSSR count). The molecule has 0 saturated carbocycles. The van der Waals surface area contributed by atoms with E-state index in [-0.39, 0.29) is 0 Å². The number of thiophene rings is 1. The van der Waals surface area contributed by atoms with E-state index in [1.54, 1.807) is 11.3 Å². The summed E-state index contributed by atoms with van der Waals surface area (Å²) in [6, 6.07) is 9.93. The van der Waals surface area contributed by atoms with E-state index >= 15 is 0 Å². The molecule has 1 heterocycles. The largest absolute Gasteiger partial charge is 0.487 e. The van der Waals surface area contributed by atoms with Crippen molar-refractivity contribution in [2.45, 2.75) is 6.61 Å². The average molecular weight is 348 g/mol. The van der Waals surface area contributed by atoms with Crippen molar-refractivity contribution in [1.82, 2.24) is 0 Å². The quantitative estimate of drug-likeness (QED) is 0.771. The van der Waals surface area contributed by atoms with Gasteiger partial charge in [-0.2, -0.15) is 0 Å². The van der Waals surface area contributed by atoms with Gasteiger partial charge in [0.15, 0.2) is 0 Å². The number of hydrogen-bond acceptors (Lipinski definition) is 2. The molecule has 0 saturated heterocycles. The van der Waals surface area contributed by atoms with Gasteiger partial charge >= 0.3 is 0 Å². The summed E-state index contributed by atoms with van der Waals surface area (Å²) in [5, 5.41) is 2.05. The zero-order valence-electron chi connectivity index (χ0n) is 7.74. The fourth-order valence-corrected chi connectivity index (χ4v) is 2.90. The summed E-state index contributed by atoms with van der Waals surface area (Å²) in [4.78, 5) is 1.21. The van der Waals surface area contributed by atoms with Crippen molar-refractivity contribution in [1.29, 1.82) is 0 Å². The van der Waals surface area contributed by atoms with E-state index in [1.807, 2.05) is 24.3 Å². The molecule has 0 aliphatic rings. The normalized spacial score (nSPS) is 10.3. The van der Waals surface area contributed by atoms with Gasteiger partial charge in [-0.25, -0.2) is 0 Å². The first-order chi connectivity index (χ1) is 7.25. The van der Waals surface area contributed by atoms with Crippen LogP contribution in [0.1, 0.15) is 4.88 Å². The van der Waals surface area contributed by atoms with Crippen LogP contribution < -0.4 is 4.74 Å². The molecule has 0 N–H and O–H groups in total. The highest BCUT2D eigenvalue weighted by Crippen LogP contribution is 2.26. The van der Waals surface area contributed by atoms with Crippen LogP contribution in [0.2, 0.25) is 0 Å². The van der Waals surface area contributed by atoms with E-state index in [1.165, 1.54) is 4.88 Å². The molecule has 4 heteroatoms. The maximum Gasteiger partial charge on any atom is 0.134 e. The molecule has 1 nitrogen and oxygen atoms in total. The van der Waals surface area contributed by atoms with Crippen molar-refractivity contribution in [2.24, 2.45) is 0 Å². The SMILES string of the molecule is Brc1csc(COc2ccccc2Br)c1. The van der Waals surface area contributed by atoms with Crippen LogP contribution in [0.25, 0.3) is 0 Å². The van der Waals surface area contributed by atoms with Crippen molar-refractivity contribution < 1.29 is 4.74 Å². The zero-order valence-corrected chi connectivity index (χ0v) is 11.7. The fraction of sp³-hybridized carbons (Fsp3) is 0.0909. The van der Waals surface area contributed by atoms with Crippen LogP contribution >= 0.6 is 43.2 Å². The molecule has 0 bridgehead atoms. The molecule has 0 aliphatic carbocycles. The van der Waals surface area contributed by atoms with E-state index in [4.69, 9.17) is 4.74 Å². The standard InChI is InChI=1S/C11H8Br2OS/c12-8-5-9(15-7-8)6-14-11-4-2-1-3-10(11)13/h1-5,7H,6H2. The number of hydrogen-bond donors (Lipinski definition) is 0. The lowest BCUT2D eigenvalue weighted by molar-refractivity contribution is 0.308. The van der Waals surface area contributed by atoms with Gasteiger partial charge in [-0.15, -0.1) is 11.3 Å². The van der Waals surface area contributed by atoms with Gasteiger partial charge in [0.05, 0.1) is 4.47 Å². The van der Waals surface area contributed by atoms with Gasteiger partial charge in [0, 0.05) is 14.7 Å². The molecule has 2 aromatic rings. The van der Waals surface area contributed by atoms with Crippen LogP contribution in [-0.4, -0.2) is 0 Å². The second-order valence-corrected chi connectivity index (χ2v) is 5.72. The maximum absolute atomic E-state index is 5.68.